The van der Waals surface area contributed by atoms with E-state index in [0.29, 0.717) is 5.56 Å². The van der Waals surface area contributed by atoms with E-state index in [-0.39, 0.29) is 0 Å². The van der Waals surface area contributed by atoms with Gasteiger partial charge in [0.1, 0.15) is 0 Å². The normalized spacial score (nSPS) is 12.1. The first-order valence-corrected chi connectivity index (χ1v) is 9.48. The molecule has 2 nitrogen and oxygen atoms in total. The van der Waals surface area contributed by atoms with Crippen LogP contribution in [0.25, 0.3) is 38.6 Å². The van der Waals surface area contributed by atoms with Crippen LogP contribution in [0.4, 0.5) is 0 Å². The average molecular weight is 356 g/mol. The van der Waals surface area contributed by atoms with Gasteiger partial charge in [0.15, 0.2) is 0 Å². The quantitative estimate of drug-likeness (QED) is 0.343. The fourth-order valence-electron chi connectivity index (χ4n) is 4.57. The van der Waals surface area contributed by atoms with Gasteiger partial charge in [-0.25, -0.2) is 0 Å². The summed E-state index contributed by atoms with van der Waals surface area (Å²) >= 11 is 0. The predicted molar refractivity (Wildman–Crippen MR) is 114 cm³/mol. The van der Waals surface area contributed by atoms with E-state index in [4.69, 9.17) is 0 Å². The van der Waals surface area contributed by atoms with Crippen molar-refractivity contribution in [1.82, 2.24) is 4.57 Å². The van der Waals surface area contributed by atoms with Gasteiger partial charge in [-0.05, 0) is 59.0 Å². The lowest BCUT2D eigenvalue weighted by atomic mass is 10.1. The Bertz CT molecular complexity index is 1450. The number of hydrogen-bond donors (Lipinski definition) is 0. The number of nitriles is 1. The Morgan fingerprint density at radius 2 is 1.46 bits per heavy atom. The van der Waals surface area contributed by atoms with E-state index in [2.05, 4.69) is 83.4 Å². The molecule has 1 aromatic heterocycles. The highest BCUT2D eigenvalue weighted by Crippen LogP contribution is 2.39. The zero-order valence-electron chi connectivity index (χ0n) is 15.2. The van der Waals surface area contributed by atoms with Crippen molar-refractivity contribution in [2.45, 2.75) is 6.42 Å². The topological polar surface area (TPSA) is 28.7 Å². The molecule has 0 spiro atoms. The van der Waals surface area contributed by atoms with Crippen molar-refractivity contribution in [1.29, 1.82) is 5.26 Å². The van der Waals surface area contributed by atoms with E-state index in [9.17, 15) is 5.26 Å². The van der Waals surface area contributed by atoms with Crippen molar-refractivity contribution in [3.05, 3.63) is 102 Å². The molecule has 130 valence electrons. The molecule has 0 radical (unpaired) electrons. The molecule has 0 bridgehead atoms. The minimum Gasteiger partial charge on any atom is -0.309 e. The van der Waals surface area contributed by atoms with E-state index in [1.807, 2.05) is 12.1 Å². The highest BCUT2D eigenvalue weighted by atomic mass is 15.0. The number of aromatic nitrogens is 1. The Morgan fingerprint density at radius 3 is 2.39 bits per heavy atom. The lowest BCUT2D eigenvalue weighted by Crippen LogP contribution is -1.95. The molecule has 0 atom stereocenters. The molecule has 0 saturated heterocycles. The second-order valence-corrected chi connectivity index (χ2v) is 7.37. The zero-order valence-corrected chi connectivity index (χ0v) is 15.2. The van der Waals surface area contributed by atoms with Crippen LogP contribution in [0, 0.1) is 11.3 Å². The van der Waals surface area contributed by atoms with Crippen LogP contribution in [0.1, 0.15) is 16.7 Å². The van der Waals surface area contributed by atoms with Gasteiger partial charge in [0.05, 0.1) is 22.7 Å². The van der Waals surface area contributed by atoms with Gasteiger partial charge in [-0.3, -0.25) is 0 Å². The van der Waals surface area contributed by atoms with Gasteiger partial charge in [-0.2, -0.15) is 5.26 Å². The van der Waals surface area contributed by atoms with Crippen LogP contribution in [0.3, 0.4) is 0 Å². The molecular weight excluding hydrogens is 340 g/mol. The summed E-state index contributed by atoms with van der Waals surface area (Å²) in [5.74, 6) is 0. The van der Waals surface area contributed by atoms with Crippen LogP contribution in [-0.2, 0) is 6.42 Å². The minimum atomic E-state index is 0.683. The largest absolute Gasteiger partial charge is 0.309 e. The third kappa shape index (κ3) is 2.02. The van der Waals surface area contributed by atoms with Crippen molar-refractivity contribution in [3.63, 3.8) is 0 Å². The molecule has 5 aromatic rings. The first-order chi connectivity index (χ1) is 13.8. The molecule has 0 amide bonds. The SMILES string of the molecule is N#Cc1ccc2c3ccccc3n(-c3ccc4c(c3)-c3ccccc3C4)c2c1. The molecule has 1 aliphatic carbocycles. The lowest BCUT2D eigenvalue weighted by Gasteiger charge is -2.10. The van der Waals surface area contributed by atoms with Crippen LogP contribution < -0.4 is 0 Å². The Morgan fingerprint density at radius 1 is 0.679 bits per heavy atom. The molecule has 1 aliphatic rings. The standard InChI is InChI=1S/C26H16N2/c27-16-17-9-12-23-22-7-3-4-8-25(22)28(26(23)13-17)20-11-10-19-14-18-5-1-2-6-21(18)24(19)15-20/h1-13,15H,14H2. The Labute approximate surface area is 162 Å². The van der Waals surface area contributed by atoms with E-state index in [1.165, 1.54) is 38.5 Å². The summed E-state index contributed by atoms with van der Waals surface area (Å²) < 4.78 is 2.28. The number of fused-ring (bicyclic) bond motifs is 6. The second-order valence-electron chi connectivity index (χ2n) is 7.37. The summed E-state index contributed by atoms with van der Waals surface area (Å²) in [6, 6.07) is 32.1. The predicted octanol–water partition coefficient (Wildman–Crippen LogP) is 6.23. The zero-order chi connectivity index (χ0) is 18.7. The highest BCUT2D eigenvalue weighted by molar-refractivity contribution is 6.09. The third-order valence-electron chi connectivity index (χ3n) is 5.84. The molecule has 4 aromatic carbocycles. The number of hydrogen-bond acceptors (Lipinski definition) is 1. The van der Waals surface area contributed by atoms with E-state index >= 15 is 0 Å². The Kier molecular flexibility index (Phi) is 3.04. The monoisotopic (exact) mass is 356 g/mol. The van der Waals surface area contributed by atoms with Crippen LogP contribution >= 0.6 is 0 Å². The number of rotatable bonds is 1. The molecule has 0 N–H and O–H groups in total. The number of nitrogens with zero attached hydrogens (tertiary/aromatic N) is 2. The maximum Gasteiger partial charge on any atom is 0.0992 e. The van der Waals surface area contributed by atoms with E-state index in [0.717, 1.165) is 17.6 Å². The van der Waals surface area contributed by atoms with Crippen LogP contribution in [0.2, 0.25) is 0 Å². The summed E-state index contributed by atoms with van der Waals surface area (Å²) in [5, 5.41) is 11.8. The summed E-state index contributed by atoms with van der Waals surface area (Å²) in [6.07, 6.45) is 0.998. The third-order valence-corrected chi connectivity index (χ3v) is 5.84. The highest BCUT2D eigenvalue weighted by Gasteiger charge is 2.19. The maximum atomic E-state index is 9.41. The lowest BCUT2D eigenvalue weighted by molar-refractivity contribution is 1.17. The average Bonchev–Trinajstić information content (AvgIpc) is 3.28. The van der Waals surface area contributed by atoms with Crippen molar-refractivity contribution < 1.29 is 0 Å². The molecule has 6 rings (SSSR count). The van der Waals surface area contributed by atoms with Crippen molar-refractivity contribution in [2.75, 3.05) is 0 Å². The van der Waals surface area contributed by atoms with Crippen LogP contribution in [0.15, 0.2) is 84.9 Å². The van der Waals surface area contributed by atoms with Gasteiger partial charge in [0.25, 0.3) is 0 Å². The fraction of sp³-hybridized carbons (Fsp3) is 0.0385. The van der Waals surface area contributed by atoms with Gasteiger partial charge in [-0.1, -0.05) is 54.6 Å². The smallest absolute Gasteiger partial charge is 0.0992 e. The maximum absolute atomic E-state index is 9.41. The van der Waals surface area contributed by atoms with Crippen LogP contribution in [0.5, 0.6) is 0 Å². The molecule has 1 heterocycles. The fourth-order valence-corrected chi connectivity index (χ4v) is 4.57. The molecule has 0 saturated carbocycles. The minimum absolute atomic E-state index is 0.683. The van der Waals surface area contributed by atoms with Gasteiger partial charge in [0, 0.05) is 16.5 Å². The summed E-state index contributed by atoms with van der Waals surface area (Å²) in [4.78, 5) is 0. The van der Waals surface area contributed by atoms with E-state index in [1.54, 1.807) is 0 Å². The van der Waals surface area contributed by atoms with Gasteiger partial charge in [0.2, 0.25) is 0 Å². The molecular formula is C26H16N2. The van der Waals surface area contributed by atoms with Gasteiger partial charge >= 0.3 is 0 Å². The van der Waals surface area contributed by atoms with E-state index < -0.39 is 0 Å². The molecule has 2 heteroatoms. The summed E-state index contributed by atoms with van der Waals surface area (Å²) in [6.45, 7) is 0. The van der Waals surface area contributed by atoms with Gasteiger partial charge in [-0.15, -0.1) is 0 Å². The summed E-state index contributed by atoms with van der Waals surface area (Å²) in [7, 11) is 0. The molecule has 0 unspecified atom stereocenters. The Balaban J connectivity index is 1.69. The van der Waals surface area contributed by atoms with Crippen LogP contribution in [-0.4, -0.2) is 4.57 Å². The number of para-hydroxylation sites is 1. The first kappa shape index (κ1) is 15.2. The van der Waals surface area contributed by atoms with Gasteiger partial charge < -0.3 is 4.57 Å². The number of benzene rings is 4. The second kappa shape index (κ2) is 5.58. The summed E-state index contributed by atoms with van der Waals surface area (Å²) in [5.41, 5.74) is 9.48. The first-order valence-electron chi connectivity index (χ1n) is 9.48. The van der Waals surface area contributed by atoms with Crippen molar-refractivity contribution in [3.8, 4) is 22.9 Å². The molecule has 0 fully saturated rings. The van der Waals surface area contributed by atoms with Crippen molar-refractivity contribution >= 4 is 21.8 Å². The molecule has 0 aliphatic heterocycles. The van der Waals surface area contributed by atoms with Crippen molar-refractivity contribution in [2.24, 2.45) is 0 Å². The molecule has 28 heavy (non-hydrogen) atoms. The Hall–Kier alpha value is -3.83.